The van der Waals surface area contributed by atoms with E-state index in [1.165, 1.54) is 28.7 Å². The molecule has 2 heterocycles. The lowest BCUT2D eigenvalue weighted by Crippen LogP contribution is -2.17. The third kappa shape index (κ3) is 7.12. The van der Waals surface area contributed by atoms with E-state index in [4.69, 9.17) is 0 Å². The molecule has 10 heteroatoms. The molecule has 0 fully saturated rings. The lowest BCUT2D eigenvalue weighted by Gasteiger charge is -2.03. The number of rotatable bonds is 11. The molecule has 0 saturated heterocycles. The summed E-state index contributed by atoms with van der Waals surface area (Å²) in [5.41, 5.74) is 1.84. The molecule has 0 spiro atoms. The van der Waals surface area contributed by atoms with Gasteiger partial charge in [0.2, 0.25) is 16.9 Å². The normalized spacial score (nSPS) is 10.5. The van der Waals surface area contributed by atoms with Crippen molar-refractivity contribution in [3.63, 3.8) is 0 Å². The van der Waals surface area contributed by atoms with Crippen molar-refractivity contribution in [2.75, 3.05) is 16.4 Å². The van der Waals surface area contributed by atoms with Gasteiger partial charge in [-0.25, -0.2) is 0 Å². The maximum Gasteiger partial charge on any atom is 0.226 e. The molecular weight excluding hydrogens is 420 g/mol. The Balaban J connectivity index is 1.38. The topological polar surface area (TPSA) is 102 Å². The van der Waals surface area contributed by atoms with Gasteiger partial charge in [0, 0.05) is 31.3 Å². The molecule has 0 radical (unpaired) electrons. The average Bonchev–Trinajstić information content (AvgIpc) is 3.39. The molecule has 0 aliphatic carbocycles. The molecule has 8 nitrogen and oxygen atoms in total. The zero-order valence-corrected chi connectivity index (χ0v) is 17.9. The summed E-state index contributed by atoms with van der Waals surface area (Å²) in [6.45, 7) is 4.37. The number of hydrogen-bond acceptors (Lipinski definition) is 7. The number of benzene rings is 1. The van der Waals surface area contributed by atoms with Gasteiger partial charge in [-0.05, 0) is 12.0 Å². The number of nitrogens with zero attached hydrogens (tertiary/aromatic N) is 4. The van der Waals surface area contributed by atoms with Gasteiger partial charge in [0.25, 0.3) is 0 Å². The molecule has 0 unspecified atom stereocenters. The first-order valence-corrected chi connectivity index (χ1v) is 11.2. The minimum Gasteiger partial charge on any atom is -0.323 e. The van der Waals surface area contributed by atoms with Crippen LogP contribution >= 0.6 is 23.1 Å². The lowest BCUT2D eigenvalue weighted by molar-refractivity contribution is -0.121. The highest BCUT2D eigenvalue weighted by Crippen LogP contribution is 2.25. The minimum absolute atomic E-state index is 0.0582. The second-order valence-electron chi connectivity index (χ2n) is 6.30. The first-order chi connectivity index (χ1) is 14.6. The quantitative estimate of drug-likeness (QED) is 0.267. The summed E-state index contributed by atoms with van der Waals surface area (Å²) >= 11 is 2.79. The van der Waals surface area contributed by atoms with Crippen molar-refractivity contribution in [3.05, 3.63) is 60.9 Å². The Labute approximate surface area is 182 Å². The van der Waals surface area contributed by atoms with Crippen molar-refractivity contribution in [2.45, 2.75) is 30.1 Å². The van der Waals surface area contributed by atoms with Crippen molar-refractivity contribution in [3.8, 4) is 0 Å². The number of aromatic nitrogens is 4. The fraction of sp³-hybridized carbons (Fsp3) is 0.250. The number of amides is 2. The van der Waals surface area contributed by atoms with Crippen molar-refractivity contribution >= 4 is 45.7 Å². The second kappa shape index (κ2) is 11.3. The Kier molecular flexibility index (Phi) is 8.16. The van der Waals surface area contributed by atoms with Crippen LogP contribution in [-0.4, -0.2) is 37.5 Å². The molecule has 1 aromatic carbocycles. The molecule has 3 aromatic rings. The summed E-state index contributed by atoms with van der Waals surface area (Å²) in [5, 5.41) is 18.0. The SMILES string of the molecule is C=CCSc1nnc(NC(=O)CCC(=O)Nc2cnn(CCc3ccccc3)c2)s1. The van der Waals surface area contributed by atoms with Crippen LogP contribution in [-0.2, 0) is 22.6 Å². The minimum atomic E-state index is -0.278. The zero-order chi connectivity index (χ0) is 21.2. The first-order valence-electron chi connectivity index (χ1n) is 9.35. The zero-order valence-electron chi connectivity index (χ0n) is 16.3. The fourth-order valence-electron chi connectivity index (χ4n) is 2.52. The van der Waals surface area contributed by atoms with E-state index < -0.39 is 0 Å². The van der Waals surface area contributed by atoms with Crippen LogP contribution in [0.4, 0.5) is 10.8 Å². The molecule has 0 saturated carbocycles. The van der Waals surface area contributed by atoms with Crippen LogP contribution in [0.3, 0.4) is 0 Å². The monoisotopic (exact) mass is 442 g/mol. The van der Waals surface area contributed by atoms with Gasteiger partial charge in [0.05, 0.1) is 11.9 Å². The van der Waals surface area contributed by atoms with Crippen LogP contribution in [0.1, 0.15) is 18.4 Å². The summed E-state index contributed by atoms with van der Waals surface area (Å²) in [6.07, 6.45) is 6.14. The molecule has 0 aliphatic rings. The van der Waals surface area contributed by atoms with Crippen LogP contribution < -0.4 is 10.6 Å². The van der Waals surface area contributed by atoms with Gasteiger partial charge in [0.1, 0.15) is 0 Å². The van der Waals surface area contributed by atoms with Crippen molar-refractivity contribution in [1.29, 1.82) is 0 Å². The summed E-state index contributed by atoms with van der Waals surface area (Å²) in [5.74, 6) is 0.207. The molecule has 2 amide bonds. The van der Waals surface area contributed by atoms with E-state index in [2.05, 4.69) is 44.6 Å². The van der Waals surface area contributed by atoms with Gasteiger partial charge >= 0.3 is 0 Å². The van der Waals surface area contributed by atoms with E-state index in [9.17, 15) is 9.59 Å². The lowest BCUT2D eigenvalue weighted by atomic mass is 10.1. The number of aryl methyl sites for hydroxylation is 2. The number of carbonyl (C=O) groups is 2. The van der Waals surface area contributed by atoms with Gasteiger partial charge in [-0.2, -0.15) is 5.10 Å². The summed E-state index contributed by atoms with van der Waals surface area (Å²) in [4.78, 5) is 24.1. The molecule has 2 N–H and O–H groups in total. The Morgan fingerprint density at radius 2 is 1.90 bits per heavy atom. The van der Waals surface area contributed by atoms with Crippen LogP contribution in [0.5, 0.6) is 0 Å². The molecule has 0 atom stereocenters. The average molecular weight is 443 g/mol. The summed E-state index contributed by atoms with van der Waals surface area (Å²) in [7, 11) is 0. The highest BCUT2D eigenvalue weighted by molar-refractivity contribution is 8.01. The molecule has 0 bridgehead atoms. The second-order valence-corrected chi connectivity index (χ2v) is 8.54. The van der Waals surface area contributed by atoms with Crippen molar-refractivity contribution in [2.24, 2.45) is 0 Å². The molecule has 3 rings (SSSR count). The molecule has 0 aliphatic heterocycles. The number of hydrogen-bond donors (Lipinski definition) is 2. The number of carbonyl (C=O) groups excluding carboxylic acids is 2. The van der Waals surface area contributed by atoms with E-state index in [1.807, 2.05) is 18.2 Å². The highest BCUT2D eigenvalue weighted by Gasteiger charge is 2.11. The molecular formula is C20H22N6O2S2. The van der Waals surface area contributed by atoms with Gasteiger partial charge in [-0.1, -0.05) is 59.5 Å². The Hall–Kier alpha value is -2.98. The number of anilines is 2. The van der Waals surface area contributed by atoms with E-state index >= 15 is 0 Å². The van der Waals surface area contributed by atoms with Crippen molar-refractivity contribution in [1.82, 2.24) is 20.0 Å². The van der Waals surface area contributed by atoms with E-state index in [0.29, 0.717) is 10.8 Å². The maximum atomic E-state index is 12.1. The van der Waals surface area contributed by atoms with Gasteiger partial charge < -0.3 is 10.6 Å². The van der Waals surface area contributed by atoms with E-state index in [-0.39, 0.29) is 24.7 Å². The maximum absolute atomic E-state index is 12.1. The van der Waals surface area contributed by atoms with Crippen LogP contribution in [0.15, 0.2) is 59.7 Å². The fourth-order valence-corrected chi connectivity index (χ4v) is 4.05. The van der Waals surface area contributed by atoms with E-state index in [0.717, 1.165) is 23.1 Å². The number of thioether (sulfide) groups is 1. The predicted octanol–water partition coefficient (Wildman–Crippen LogP) is 3.61. The summed E-state index contributed by atoms with van der Waals surface area (Å²) in [6, 6.07) is 10.1. The first kappa shape index (κ1) is 21.7. The van der Waals surface area contributed by atoms with Crippen LogP contribution in [0.2, 0.25) is 0 Å². The van der Waals surface area contributed by atoms with Crippen molar-refractivity contribution < 1.29 is 9.59 Å². The van der Waals surface area contributed by atoms with Gasteiger partial charge in [-0.3, -0.25) is 14.3 Å². The Morgan fingerprint density at radius 1 is 1.13 bits per heavy atom. The van der Waals surface area contributed by atoms with Gasteiger partial charge in [0.15, 0.2) is 4.34 Å². The third-order valence-electron chi connectivity index (χ3n) is 3.95. The Morgan fingerprint density at radius 3 is 2.67 bits per heavy atom. The molecule has 156 valence electrons. The largest absolute Gasteiger partial charge is 0.323 e. The van der Waals surface area contributed by atoms with Gasteiger partial charge in [-0.15, -0.1) is 16.8 Å². The van der Waals surface area contributed by atoms with Crippen LogP contribution in [0.25, 0.3) is 0 Å². The van der Waals surface area contributed by atoms with E-state index in [1.54, 1.807) is 23.2 Å². The Bertz CT molecular complexity index is 986. The summed E-state index contributed by atoms with van der Waals surface area (Å²) < 4.78 is 2.54. The third-order valence-corrected chi connectivity index (χ3v) is 5.91. The van der Waals surface area contributed by atoms with Crippen LogP contribution in [0, 0.1) is 0 Å². The standard InChI is InChI=1S/C20H22N6O2S2/c1-2-12-29-20-25-24-19(30-20)23-18(28)9-8-17(27)22-16-13-21-26(14-16)11-10-15-6-4-3-5-7-15/h2-7,13-14H,1,8-12H2,(H,22,27)(H,23,24,28). The smallest absolute Gasteiger partial charge is 0.226 e. The predicted molar refractivity (Wildman–Crippen MR) is 120 cm³/mol. The molecule has 30 heavy (non-hydrogen) atoms. The highest BCUT2D eigenvalue weighted by atomic mass is 32.2. The number of nitrogens with one attached hydrogen (secondary N) is 2. The molecule has 2 aromatic heterocycles.